The number of nitriles is 1. The molecule has 0 atom stereocenters. The topological polar surface area (TPSA) is 87.5 Å². The lowest BCUT2D eigenvalue weighted by Crippen LogP contribution is -2.40. The van der Waals surface area contributed by atoms with Gasteiger partial charge in [-0.15, -0.1) is 0 Å². The second-order valence-electron chi connectivity index (χ2n) is 4.51. The molecule has 0 N–H and O–H groups in total. The van der Waals surface area contributed by atoms with E-state index in [1.54, 1.807) is 6.92 Å². The number of sulfonamides is 1. The van der Waals surface area contributed by atoms with E-state index in [0.29, 0.717) is 0 Å². The summed E-state index contributed by atoms with van der Waals surface area (Å²) in [6.45, 7) is 1.77. The Kier molecular flexibility index (Phi) is 6.25. The van der Waals surface area contributed by atoms with Gasteiger partial charge in [0, 0.05) is 6.04 Å². The Balaban J connectivity index is 2.65. The quantitative estimate of drug-likeness (QED) is 0.516. The van der Waals surface area contributed by atoms with Crippen molar-refractivity contribution in [3.05, 3.63) is 0 Å². The summed E-state index contributed by atoms with van der Waals surface area (Å²) in [6.07, 6.45) is 3.39. The van der Waals surface area contributed by atoms with Gasteiger partial charge in [-0.2, -0.15) is 9.57 Å². The van der Waals surface area contributed by atoms with E-state index in [0.717, 1.165) is 25.7 Å². The minimum atomic E-state index is -3.57. The highest BCUT2D eigenvalue weighted by Crippen LogP contribution is 2.25. The van der Waals surface area contributed by atoms with E-state index in [-0.39, 0.29) is 31.4 Å². The third-order valence-electron chi connectivity index (χ3n) is 3.19. The van der Waals surface area contributed by atoms with Crippen molar-refractivity contribution in [2.75, 3.05) is 18.9 Å². The van der Waals surface area contributed by atoms with Crippen LogP contribution in [0.4, 0.5) is 0 Å². The number of nitrogens with zero attached hydrogens (tertiary/aromatic N) is 2. The van der Waals surface area contributed by atoms with Gasteiger partial charge < -0.3 is 4.74 Å². The fourth-order valence-electron chi connectivity index (χ4n) is 2.28. The summed E-state index contributed by atoms with van der Waals surface area (Å²) in [6, 6.07) is 1.80. The fraction of sp³-hybridized carbons (Fsp3) is 0.833. The van der Waals surface area contributed by atoms with Crippen molar-refractivity contribution in [1.29, 1.82) is 5.26 Å². The Morgan fingerprint density at radius 3 is 2.58 bits per heavy atom. The predicted octanol–water partition coefficient (Wildman–Crippen LogP) is 1.04. The zero-order valence-electron chi connectivity index (χ0n) is 11.2. The van der Waals surface area contributed by atoms with Crippen LogP contribution in [0.15, 0.2) is 0 Å². The highest BCUT2D eigenvalue weighted by Gasteiger charge is 2.32. The molecule has 0 saturated heterocycles. The summed E-state index contributed by atoms with van der Waals surface area (Å²) in [4.78, 5) is 11.2. The Morgan fingerprint density at radius 2 is 2.05 bits per heavy atom. The van der Waals surface area contributed by atoms with E-state index in [1.165, 1.54) is 4.31 Å². The van der Waals surface area contributed by atoms with Crippen LogP contribution in [-0.2, 0) is 19.6 Å². The van der Waals surface area contributed by atoms with Crippen LogP contribution in [0, 0.1) is 11.3 Å². The van der Waals surface area contributed by atoms with Crippen molar-refractivity contribution in [3.8, 4) is 6.07 Å². The lowest BCUT2D eigenvalue weighted by molar-refractivity contribution is -0.142. The Morgan fingerprint density at radius 1 is 1.42 bits per heavy atom. The molecule has 0 unspecified atom stereocenters. The van der Waals surface area contributed by atoms with Crippen LogP contribution in [-0.4, -0.2) is 43.6 Å². The average Bonchev–Trinajstić information content (AvgIpc) is 2.87. The number of carbonyl (C=O) groups is 1. The number of carbonyl (C=O) groups excluding carboxylic acids is 1. The first-order chi connectivity index (χ1) is 9.01. The number of hydrogen-bond acceptors (Lipinski definition) is 5. The average molecular weight is 288 g/mol. The molecule has 0 aromatic heterocycles. The summed E-state index contributed by atoms with van der Waals surface area (Å²) in [5.41, 5.74) is 0. The molecule has 0 heterocycles. The number of rotatable bonds is 7. The molecule has 0 bridgehead atoms. The van der Waals surface area contributed by atoms with Gasteiger partial charge in [0.1, 0.15) is 6.54 Å². The van der Waals surface area contributed by atoms with Gasteiger partial charge in [0.15, 0.2) is 0 Å². The van der Waals surface area contributed by atoms with Crippen LogP contribution in [0.1, 0.15) is 39.0 Å². The summed E-state index contributed by atoms with van der Waals surface area (Å²) in [7, 11) is -3.57. The Hall–Kier alpha value is -1.13. The molecular weight excluding hydrogens is 268 g/mol. The van der Waals surface area contributed by atoms with Gasteiger partial charge in [0.2, 0.25) is 10.0 Å². The third-order valence-corrected chi connectivity index (χ3v) is 5.05. The molecule has 0 aliphatic heterocycles. The minimum absolute atomic E-state index is 0.0909. The van der Waals surface area contributed by atoms with Crippen molar-refractivity contribution in [3.63, 3.8) is 0 Å². The van der Waals surface area contributed by atoms with E-state index in [1.807, 2.05) is 6.07 Å². The van der Waals surface area contributed by atoms with E-state index in [9.17, 15) is 13.2 Å². The zero-order valence-corrected chi connectivity index (χ0v) is 12.0. The Bertz CT molecular complexity index is 435. The standard InChI is InChI=1S/C12H20N2O4S/c1-2-18-12(15)7-10-19(16,17)14(9-8-13)11-5-3-4-6-11/h11H,2-7,9-10H2,1H3. The highest BCUT2D eigenvalue weighted by atomic mass is 32.2. The van der Waals surface area contributed by atoms with Gasteiger partial charge in [-0.3, -0.25) is 4.79 Å². The third kappa shape index (κ3) is 4.80. The summed E-state index contributed by atoms with van der Waals surface area (Å²) < 4.78 is 30.3. The van der Waals surface area contributed by atoms with Crippen molar-refractivity contribution < 1.29 is 17.9 Å². The first kappa shape index (κ1) is 15.9. The largest absolute Gasteiger partial charge is 0.466 e. The van der Waals surface area contributed by atoms with Gasteiger partial charge in [-0.25, -0.2) is 8.42 Å². The smallest absolute Gasteiger partial charge is 0.306 e. The molecule has 1 saturated carbocycles. The number of hydrogen-bond donors (Lipinski definition) is 0. The highest BCUT2D eigenvalue weighted by molar-refractivity contribution is 7.89. The van der Waals surface area contributed by atoms with Crippen LogP contribution in [0.3, 0.4) is 0 Å². The Labute approximate surface area is 114 Å². The fourth-order valence-corrected chi connectivity index (χ4v) is 3.86. The molecule has 1 rings (SSSR count). The van der Waals surface area contributed by atoms with Crippen LogP contribution < -0.4 is 0 Å². The minimum Gasteiger partial charge on any atom is -0.466 e. The molecule has 1 fully saturated rings. The second kappa shape index (κ2) is 7.46. The van der Waals surface area contributed by atoms with Crippen molar-refractivity contribution in [2.45, 2.75) is 45.1 Å². The molecule has 19 heavy (non-hydrogen) atoms. The van der Waals surface area contributed by atoms with E-state index in [2.05, 4.69) is 0 Å². The summed E-state index contributed by atoms with van der Waals surface area (Å²) in [5.74, 6) is -0.807. The number of ether oxygens (including phenoxy) is 1. The lowest BCUT2D eigenvalue weighted by Gasteiger charge is -2.25. The molecule has 108 valence electrons. The maximum Gasteiger partial charge on any atom is 0.306 e. The summed E-state index contributed by atoms with van der Waals surface area (Å²) in [5, 5.41) is 8.77. The van der Waals surface area contributed by atoms with Crippen molar-refractivity contribution >= 4 is 16.0 Å². The molecule has 6 nitrogen and oxygen atoms in total. The molecular formula is C12H20N2O4S. The second-order valence-corrected chi connectivity index (χ2v) is 6.55. The van der Waals surface area contributed by atoms with Gasteiger partial charge in [0.05, 0.1) is 24.8 Å². The molecule has 0 aromatic rings. The normalized spacial score (nSPS) is 16.5. The van der Waals surface area contributed by atoms with Crippen LogP contribution in [0.25, 0.3) is 0 Å². The maximum atomic E-state index is 12.2. The molecule has 1 aliphatic carbocycles. The van der Waals surface area contributed by atoms with Crippen LogP contribution in [0.2, 0.25) is 0 Å². The zero-order chi connectivity index (χ0) is 14.3. The van der Waals surface area contributed by atoms with Gasteiger partial charge >= 0.3 is 5.97 Å². The van der Waals surface area contributed by atoms with Crippen LogP contribution >= 0.6 is 0 Å². The van der Waals surface area contributed by atoms with Crippen LogP contribution in [0.5, 0.6) is 0 Å². The van der Waals surface area contributed by atoms with Crippen molar-refractivity contribution in [2.24, 2.45) is 0 Å². The number of esters is 1. The van der Waals surface area contributed by atoms with Gasteiger partial charge in [0.25, 0.3) is 0 Å². The maximum absolute atomic E-state index is 12.2. The molecule has 0 amide bonds. The molecule has 1 aliphatic rings. The molecule has 0 aromatic carbocycles. The van der Waals surface area contributed by atoms with E-state index < -0.39 is 16.0 Å². The van der Waals surface area contributed by atoms with Gasteiger partial charge in [-0.1, -0.05) is 12.8 Å². The predicted molar refractivity (Wildman–Crippen MR) is 69.6 cm³/mol. The van der Waals surface area contributed by atoms with Gasteiger partial charge in [-0.05, 0) is 19.8 Å². The SMILES string of the molecule is CCOC(=O)CCS(=O)(=O)N(CC#N)C1CCCC1. The summed E-state index contributed by atoms with van der Waals surface area (Å²) >= 11 is 0. The lowest BCUT2D eigenvalue weighted by atomic mass is 10.2. The first-order valence-electron chi connectivity index (χ1n) is 6.53. The monoisotopic (exact) mass is 288 g/mol. The van der Waals surface area contributed by atoms with Crippen molar-refractivity contribution in [1.82, 2.24) is 4.31 Å². The van der Waals surface area contributed by atoms with E-state index >= 15 is 0 Å². The molecule has 0 spiro atoms. The molecule has 7 heteroatoms. The first-order valence-corrected chi connectivity index (χ1v) is 8.14. The molecule has 0 radical (unpaired) electrons. The van der Waals surface area contributed by atoms with E-state index in [4.69, 9.17) is 10.00 Å².